The smallest absolute Gasteiger partial charge is 0.508 e. The van der Waals surface area contributed by atoms with Gasteiger partial charge in [-0.05, 0) is 30.7 Å². The van der Waals surface area contributed by atoms with E-state index in [0.29, 0.717) is 69.8 Å². The molecule has 0 saturated carbocycles. The van der Waals surface area contributed by atoms with Gasteiger partial charge in [-0.3, -0.25) is 0 Å². The Morgan fingerprint density at radius 1 is 0.537 bits per heavy atom. The second-order valence-electron chi connectivity index (χ2n) is 14.6. The minimum atomic E-state index is -6.85. The van der Waals surface area contributed by atoms with Crippen molar-refractivity contribution in [1.82, 2.24) is 48.1 Å². The SMILES string of the molecule is CS(=O)(=O)N1CCN(c2cc(-n3ncc4ccc(O)cc43)ncn2)CC1.Cc1ccc2cnn(-c3cc(N4CCN(S(C)(=O)=O)CC4)ncn3)c2c1.O=S(=O)(OS(=O)(=O)C(F)(F)F)C(F)(F)F. The number of hydrogen-bond acceptors (Lipinski definition) is 18. The Morgan fingerprint density at radius 2 is 0.910 bits per heavy atom. The molecule has 364 valence electrons. The zero-order valence-corrected chi connectivity index (χ0v) is 38.2. The van der Waals surface area contributed by atoms with Crippen LogP contribution in [0, 0.1) is 6.92 Å². The van der Waals surface area contributed by atoms with Crippen LogP contribution in [0.5, 0.6) is 5.75 Å². The first kappa shape index (κ1) is 50.6. The third kappa shape index (κ3) is 12.0. The van der Waals surface area contributed by atoms with E-state index in [2.05, 4.69) is 47.2 Å². The Morgan fingerprint density at radius 3 is 1.30 bits per heavy atom. The van der Waals surface area contributed by atoms with Crippen LogP contribution in [0.25, 0.3) is 33.4 Å². The molecule has 0 radical (unpaired) electrons. The maximum Gasteiger partial charge on any atom is 0.524 e. The van der Waals surface area contributed by atoms with E-state index in [9.17, 15) is 65.1 Å². The molecule has 2 aliphatic heterocycles. The van der Waals surface area contributed by atoms with E-state index < -0.39 is 51.3 Å². The molecule has 2 fully saturated rings. The lowest BCUT2D eigenvalue weighted by molar-refractivity contribution is -0.0585. The summed E-state index contributed by atoms with van der Waals surface area (Å²) in [4.78, 5) is 21.4. The van der Waals surface area contributed by atoms with Gasteiger partial charge >= 0.3 is 31.3 Å². The second-order valence-corrected chi connectivity index (χ2v) is 21.8. The molecule has 4 aromatic heterocycles. The Balaban J connectivity index is 0.000000173. The highest BCUT2D eigenvalue weighted by molar-refractivity contribution is 8.00. The number of sulfonamides is 2. The molecule has 0 atom stereocenters. The number of anilines is 2. The van der Waals surface area contributed by atoms with Crippen molar-refractivity contribution in [1.29, 1.82) is 0 Å². The van der Waals surface area contributed by atoms with Gasteiger partial charge in [0.25, 0.3) is 0 Å². The van der Waals surface area contributed by atoms with Crippen molar-refractivity contribution < 1.29 is 68.7 Å². The van der Waals surface area contributed by atoms with Crippen LogP contribution in [0.4, 0.5) is 38.0 Å². The van der Waals surface area contributed by atoms with Crippen LogP contribution >= 0.6 is 0 Å². The van der Waals surface area contributed by atoms with E-state index in [1.807, 2.05) is 39.8 Å². The van der Waals surface area contributed by atoms with Crippen molar-refractivity contribution in [3.8, 4) is 17.4 Å². The molecule has 0 unspecified atom stereocenters. The average molecular weight is 1030 g/mol. The van der Waals surface area contributed by atoms with Gasteiger partial charge in [0.05, 0.1) is 35.9 Å². The lowest BCUT2D eigenvalue weighted by Crippen LogP contribution is -2.48. The number of benzene rings is 2. The highest BCUT2D eigenvalue weighted by atomic mass is 32.3. The Labute approximate surface area is 378 Å². The van der Waals surface area contributed by atoms with Gasteiger partial charge in [0.1, 0.15) is 30.0 Å². The Kier molecular flexibility index (Phi) is 14.4. The summed E-state index contributed by atoms with van der Waals surface area (Å²) < 4.78 is 163. The molecule has 1 N–H and O–H groups in total. The predicted octanol–water partition coefficient (Wildman–Crippen LogP) is 2.51. The molecule has 6 aromatic rings. The summed E-state index contributed by atoms with van der Waals surface area (Å²) in [6.45, 7) is 6.14. The first-order valence-electron chi connectivity index (χ1n) is 19.0. The number of fused-ring (bicyclic) bond motifs is 2. The number of halogens is 6. The Hall–Kier alpha value is -5.80. The van der Waals surface area contributed by atoms with Crippen LogP contribution in [0.15, 0.2) is 73.6 Å². The molecule has 0 bridgehead atoms. The number of nitrogens with zero attached hydrogens (tertiary/aromatic N) is 12. The van der Waals surface area contributed by atoms with Gasteiger partial charge in [0.2, 0.25) is 20.0 Å². The van der Waals surface area contributed by atoms with Crippen LogP contribution in [-0.2, 0) is 43.9 Å². The fourth-order valence-electron chi connectivity index (χ4n) is 6.45. The molecule has 2 aliphatic rings. The van der Waals surface area contributed by atoms with Crippen molar-refractivity contribution in [3.05, 3.63) is 79.1 Å². The minimum Gasteiger partial charge on any atom is -0.508 e. The lowest BCUT2D eigenvalue weighted by Gasteiger charge is -2.33. The number of phenolic OH excluding ortho intramolecular Hbond substituents is 1. The second kappa shape index (κ2) is 19.1. The molecule has 0 spiro atoms. The molecular formula is C35H38F6N12O10S4. The van der Waals surface area contributed by atoms with Crippen LogP contribution < -0.4 is 9.80 Å². The number of aromatic hydroxyl groups is 1. The van der Waals surface area contributed by atoms with Gasteiger partial charge in [-0.1, -0.05) is 12.1 Å². The van der Waals surface area contributed by atoms with Gasteiger partial charge in [-0.15, -0.1) is 3.63 Å². The van der Waals surface area contributed by atoms with E-state index in [4.69, 9.17) is 0 Å². The van der Waals surface area contributed by atoms with Crippen molar-refractivity contribution >= 4 is 73.7 Å². The van der Waals surface area contributed by atoms with Crippen molar-refractivity contribution in [3.63, 3.8) is 0 Å². The number of aromatic nitrogens is 8. The molecule has 2 saturated heterocycles. The Bertz CT molecular complexity index is 3000. The molecule has 22 nitrogen and oxygen atoms in total. The van der Waals surface area contributed by atoms with Crippen LogP contribution in [0.1, 0.15) is 5.56 Å². The standard InChI is InChI=1S/C17H20N6O2S.C16H18N6O3S.C2F6O5S2/c1-13-3-4-14-11-20-23(15(14)9-13)17-10-16(18-12-19-17)21-5-7-22(8-6-21)26(2,24)25;1-26(24,25)21-6-4-20(5-7-21)15-9-16(18-11-17-15)22-14-8-13(23)3-2-12(14)10-19-22;3-1(4,5)14(9,10)13-15(11,12)2(6,7)8/h3-4,9-12H,5-8H2,1-2H3;2-3,8-11,23H,4-7H2,1H3;. The maximum absolute atomic E-state index is 11.7. The summed E-state index contributed by atoms with van der Waals surface area (Å²) >= 11 is 0. The zero-order valence-electron chi connectivity index (χ0n) is 35.0. The molecule has 6 heterocycles. The number of hydrogen-bond donors (Lipinski definition) is 1. The van der Waals surface area contributed by atoms with E-state index >= 15 is 0 Å². The molecular weight excluding hydrogens is 991 g/mol. The van der Waals surface area contributed by atoms with Gasteiger partial charge < -0.3 is 14.9 Å². The fourth-order valence-corrected chi connectivity index (χ4v) is 9.66. The summed E-state index contributed by atoms with van der Waals surface area (Å²) in [6.07, 6.45) is 8.99. The summed E-state index contributed by atoms with van der Waals surface area (Å²) in [7, 11) is -20.0. The van der Waals surface area contributed by atoms with Crippen LogP contribution in [0.3, 0.4) is 0 Å². The van der Waals surface area contributed by atoms with Gasteiger partial charge in [0.15, 0.2) is 11.6 Å². The molecule has 67 heavy (non-hydrogen) atoms. The van der Waals surface area contributed by atoms with Crippen LogP contribution in [0.2, 0.25) is 0 Å². The topological polar surface area (TPSA) is 266 Å². The molecule has 2 aromatic carbocycles. The normalized spacial score (nSPS) is 16.1. The number of phenols is 1. The number of alkyl halides is 6. The van der Waals surface area contributed by atoms with Crippen molar-refractivity contribution in [2.45, 2.75) is 17.9 Å². The summed E-state index contributed by atoms with van der Waals surface area (Å²) in [5, 5.41) is 20.5. The quantitative estimate of drug-likeness (QED) is 0.170. The summed E-state index contributed by atoms with van der Waals surface area (Å²) in [5.74, 6) is 2.93. The largest absolute Gasteiger partial charge is 0.524 e. The summed E-state index contributed by atoms with van der Waals surface area (Å²) in [5.41, 5.74) is -9.62. The first-order valence-corrected chi connectivity index (χ1v) is 25.6. The average Bonchev–Trinajstić information content (AvgIpc) is 3.86. The van der Waals surface area contributed by atoms with Crippen molar-refractivity contribution in [2.75, 3.05) is 74.7 Å². The van der Waals surface area contributed by atoms with Gasteiger partial charge in [-0.2, -0.15) is 62.0 Å². The highest BCUT2D eigenvalue weighted by Gasteiger charge is 2.57. The van der Waals surface area contributed by atoms with E-state index in [0.717, 1.165) is 33.2 Å². The van der Waals surface area contributed by atoms with E-state index in [-0.39, 0.29) is 5.75 Å². The molecule has 32 heteroatoms. The van der Waals surface area contributed by atoms with Crippen LogP contribution in [-0.4, -0.2) is 163 Å². The third-order valence-electron chi connectivity index (χ3n) is 9.80. The van der Waals surface area contributed by atoms with Gasteiger partial charge in [0, 0.05) is 81.3 Å². The maximum atomic E-state index is 11.7. The zero-order chi connectivity index (χ0) is 49.3. The highest BCUT2D eigenvalue weighted by Crippen LogP contribution is 2.32. The van der Waals surface area contributed by atoms with Crippen molar-refractivity contribution in [2.24, 2.45) is 0 Å². The third-order valence-corrected chi connectivity index (χ3v) is 15.0. The molecule has 8 rings (SSSR count). The summed E-state index contributed by atoms with van der Waals surface area (Å²) in [6, 6.07) is 14.9. The fraction of sp³-hybridized carbons (Fsp3) is 0.371. The first-order chi connectivity index (χ1) is 31.0. The molecule has 0 aliphatic carbocycles. The lowest BCUT2D eigenvalue weighted by atomic mass is 10.2. The molecule has 0 amide bonds. The van der Waals surface area contributed by atoms with E-state index in [1.54, 1.807) is 33.8 Å². The number of rotatable bonds is 8. The predicted molar refractivity (Wildman–Crippen MR) is 228 cm³/mol. The van der Waals surface area contributed by atoms with Gasteiger partial charge in [-0.25, -0.2) is 46.1 Å². The minimum absolute atomic E-state index is 0.158. The van der Waals surface area contributed by atoms with E-state index in [1.165, 1.54) is 33.8 Å². The number of piperazine rings is 2. The monoisotopic (exact) mass is 1030 g/mol. The number of aryl methyl sites for hydroxylation is 1.